The molecule has 2 N–H and O–H groups in total. The van der Waals surface area contributed by atoms with Crippen LogP contribution in [0.1, 0.15) is 33.2 Å². The number of fused-ring (bicyclic) bond motifs is 1. The van der Waals surface area contributed by atoms with Crippen molar-refractivity contribution >= 4 is 39.8 Å². The molecule has 1 heterocycles. The van der Waals surface area contributed by atoms with E-state index >= 15 is 0 Å². The molecule has 3 aromatic rings. The van der Waals surface area contributed by atoms with Crippen LogP contribution in [-0.2, 0) is 14.3 Å². The number of hydrogen-bond acceptors (Lipinski definition) is 6. The fourth-order valence-electron chi connectivity index (χ4n) is 3.84. The van der Waals surface area contributed by atoms with Gasteiger partial charge in [0, 0.05) is 24.7 Å². The van der Waals surface area contributed by atoms with Crippen LogP contribution >= 0.6 is 0 Å². The van der Waals surface area contributed by atoms with Gasteiger partial charge in [0.2, 0.25) is 5.91 Å². The lowest BCUT2D eigenvalue weighted by Crippen LogP contribution is -2.48. The second kappa shape index (κ2) is 10.9. The molecule has 0 radical (unpaired) electrons. The second-order valence-corrected chi connectivity index (χ2v) is 8.17. The van der Waals surface area contributed by atoms with E-state index in [1.165, 1.54) is 31.4 Å². The van der Waals surface area contributed by atoms with E-state index in [0.717, 1.165) is 21.9 Å². The Morgan fingerprint density at radius 3 is 2.40 bits per heavy atom. The van der Waals surface area contributed by atoms with Gasteiger partial charge < -0.3 is 14.8 Å². The molecule has 0 saturated carbocycles. The van der Waals surface area contributed by atoms with Gasteiger partial charge in [-0.15, -0.1) is 0 Å². The number of hydrazine groups is 1. The fourth-order valence-corrected chi connectivity index (χ4v) is 3.84. The lowest BCUT2D eigenvalue weighted by Gasteiger charge is -2.27. The molecule has 1 fully saturated rings. The normalized spacial score (nSPS) is 14.4. The van der Waals surface area contributed by atoms with Crippen LogP contribution in [0.25, 0.3) is 16.3 Å². The molecule has 180 valence electrons. The molecule has 1 aliphatic heterocycles. The molecular weight excluding hydrogens is 446 g/mol. The third-order valence-electron chi connectivity index (χ3n) is 5.77. The molecule has 0 aromatic heterocycles. The molecular formula is C27H27N3O5. The van der Waals surface area contributed by atoms with Crippen molar-refractivity contribution in [2.75, 3.05) is 38.7 Å². The number of morpholine rings is 1. The van der Waals surface area contributed by atoms with Gasteiger partial charge in [-0.1, -0.05) is 36.4 Å². The van der Waals surface area contributed by atoms with Gasteiger partial charge in [-0.25, -0.2) is 9.80 Å². The van der Waals surface area contributed by atoms with E-state index in [1.54, 1.807) is 5.01 Å². The van der Waals surface area contributed by atoms with Crippen molar-refractivity contribution in [2.24, 2.45) is 0 Å². The zero-order valence-electron chi connectivity index (χ0n) is 19.7. The highest BCUT2D eigenvalue weighted by molar-refractivity contribution is 6.09. The first-order valence-corrected chi connectivity index (χ1v) is 11.3. The van der Waals surface area contributed by atoms with Crippen molar-refractivity contribution in [3.05, 3.63) is 83.4 Å². The highest BCUT2D eigenvalue weighted by atomic mass is 16.5. The number of benzene rings is 3. The summed E-state index contributed by atoms with van der Waals surface area (Å²) in [4.78, 5) is 37.9. The first kappa shape index (κ1) is 24.1. The smallest absolute Gasteiger partial charge is 0.339 e. The zero-order chi connectivity index (χ0) is 24.8. The van der Waals surface area contributed by atoms with Crippen LogP contribution in [-0.4, -0.2) is 56.2 Å². The Bertz CT molecular complexity index is 1290. The van der Waals surface area contributed by atoms with Gasteiger partial charge in [0.1, 0.15) is 0 Å². The molecule has 8 heteroatoms. The van der Waals surface area contributed by atoms with E-state index in [-0.39, 0.29) is 17.2 Å². The lowest BCUT2D eigenvalue weighted by atomic mass is 10.0. The van der Waals surface area contributed by atoms with Gasteiger partial charge in [0.15, 0.2) is 0 Å². The highest BCUT2D eigenvalue weighted by Crippen LogP contribution is 2.23. The van der Waals surface area contributed by atoms with Gasteiger partial charge >= 0.3 is 5.97 Å². The largest absolute Gasteiger partial charge is 0.465 e. The molecule has 1 aliphatic rings. The second-order valence-electron chi connectivity index (χ2n) is 8.17. The maximum Gasteiger partial charge on any atom is 0.339 e. The van der Waals surface area contributed by atoms with Gasteiger partial charge in [-0.3, -0.25) is 15.0 Å². The molecule has 0 unspecified atom stereocenters. The maximum absolute atomic E-state index is 12.9. The van der Waals surface area contributed by atoms with Crippen LogP contribution in [0, 0.1) is 0 Å². The average Bonchev–Trinajstić information content (AvgIpc) is 2.88. The van der Waals surface area contributed by atoms with Crippen LogP contribution < -0.4 is 10.7 Å². The first-order valence-electron chi connectivity index (χ1n) is 11.3. The third kappa shape index (κ3) is 5.92. The molecule has 0 aliphatic carbocycles. The van der Waals surface area contributed by atoms with Crippen LogP contribution in [0.3, 0.4) is 0 Å². The summed E-state index contributed by atoms with van der Waals surface area (Å²) in [6, 6.07) is 18.4. The predicted molar refractivity (Wildman–Crippen MR) is 134 cm³/mol. The van der Waals surface area contributed by atoms with E-state index in [2.05, 4.69) is 10.7 Å². The number of esters is 1. The number of amides is 2. The number of allylic oxidation sites excluding steroid dienone is 1. The number of methoxy groups -OCH3 is 1. The minimum absolute atomic E-state index is 0.153. The number of carbonyl (C=O) groups is 3. The van der Waals surface area contributed by atoms with Gasteiger partial charge in [0.25, 0.3) is 5.91 Å². The Kier molecular flexibility index (Phi) is 7.54. The SMILES string of the molecule is COC(=O)c1ccc(C(=O)NN2CCOCC2)cc1NC(=O)/C=C(/C)c1ccc2ccccc2c1. The van der Waals surface area contributed by atoms with Crippen LogP contribution in [0.2, 0.25) is 0 Å². The van der Waals surface area contributed by atoms with Gasteiger partial charge in [0.05, 0.1) is 31.6 Å². The molecule has 1 saturated heterocycles. The topological polar surface area (TPSA) is 97.0 Å². The van der Waals surface area contributed by atoms with Crippen molar-refractivity contribution in [3.63, 3.8) is 0 Å². The molecule has 0 bridgehead atoms. The van der Waals surface area contributed by atoms with Crippen LogP contribution in [0.5, 0.6) is 0 Å². The molecule has 3 aromatic carbocycles. The Morgan fingerprint density at radius 2 is 1.66 bits per heavy atom. The van der Waals surface area contributed by atoms with E-state index < -0.39 is 11.9 Å². The maximum atomic E-state index is 12.9. The summed E-state index contributed by atoms with van der Waals surface area (Å²) in [6.45, 7) is 4.07. The average molecular weight is 474 g/mol. The Morgan fingerprint density at radius 1 is 0.943 bits per heavy atom. The quantitative estimate of drug-likeness (QED) is 0.419. The van der Waals surface area contributed by atoms with E-state index in [0.29, 0.717) is 31.9 Å². The van der Waals surface area contributed by atoms with E-state index in [1.807, 2.05) is 49.4 Å². The molecule has 0 spiro atoms. The molecule has 4 rings (SSSR count). The summed E-state index contributed by atoms with van der Waals surface area (Å²) in [5.41, 5.74) is 5.13. The summed E-state index contributed by atoms with van der Waals surface area (Å²) in [5, 5.41) is 6.69. The molecule has 35 heavy (non-hydrogen) atoms. The zero-order valence-corrected chi connectivity index (χ0v) is 19.7. The Balaban J connectivity index is 1.55. The number of ether oxygens (including phenoxy) is 2. The summed E-state index contributed by atoms with van der Waals surface area (Å²) >= 11 is 0. The highest BCUT2D eigenvalue weighted by Gasteiger charge is 2.19. The van der Waals surface area contributed by atoms with Gasteiger partial charge in [-0.2, -0.15) is 0 Å². The Labute approximate surface area is 203 Å². The number of rotatable bonds is 6. The molecule has 2 amide bonds. The summed E-state index contributed by atoms with van der Waals surface area (Å²) in [7, 11) is 1.26. The summed E-state index contributed by atoms with van der Waals surface area (Å²) in [6.07, 6.45) is 1.46. The van der Waals surface area contributed by atoms with Crippen LogP contribution in [0.4, 0.5) is 5.69 Å². The molecule has 0 atom stereocenters. The Hall–Kier alpha value is -4.01. The van der Waals surface area contributed by atoms with Gasteiger partial charge in [-0.05, 0) is 53.1 Å². The number of nitrogens with one attached hydrogen (secondary N) is 2. The number of anilines is 1. The van der Waals surface area contributed by atoms with Crippen molar-refractivity contribution in [3.8, 4) is 0 Å². The van der Waals surface area contributed by atoms with E-state index in [9.17, 15) is 14.4 Å². The molecule has 8 nitrogen and oxygen atoms in total. The summed E-state index contributed by atoms with van der Waals surface area (Å²) < 4.78 is 10.1. The van der Waals surface area contributed by atoms with Crippen molar-refractivity contribution in [1.29, 1.82) is 0 Å². The fraction of sp³-hybridized carbons (Fsp3) is 0.222. The van der Waals surface area contributed by atoms with E-state index in [4.69, 9.17) is 9.47 Å². The number of carbonyl (C=O) groups excluding carboxylic acids is 3. The first-order chi connectivity index (χ1) is 16.9. The van der Waals surface area contributed by atoms with Crippen molar-refractivity contribution in [2.45, 2.75) is 6.92 Å². The predicted octanol–water partition coefficient (Wildman–Crippen LogP) is 3.65. The monoisotopic (exact) mass is 473 g/mol. The minimum Gasteiger partial charge on any atom is -0.465 e. The summed E-state index contributed by atoms with van der Waals surface area (Å²) in [5.74, 6) is -1.39. The minimum atomic E-state index is -0.615. The number of nitrogens with zero attached hydrogens (tertiary/aromatic N) is 1. The van der Waals surface area contributed by atoms with Crippen molar-refractivity contribution in [1.82, 2.24) is 10.4 Å². The van der Waals surface area contributed by atoms with Crippen molar-refractivity contribution < 1.29 is 23.9 Å². The third-order valence-corrected chi connectivity index (χ3v) is 5.77. The number of hydrogen-bond donors (Lipinski definition) is 2. The van der Waals surface area contributed by atoms with Crippen LogP contribution in [0.15, 0.2) is 66.7 Å². The standard InChI is InChI=1S/C27H27N3O5/c1-18(20-8-7-19-5-3-4-6-21(19)16-20)15-25(31)28-24-17-22(9-10-23(24)27(33)34-2)26(32)29-30-11-13-35-14-12-30/h3-10,15-17H,11-14H2,1-2H3,(H,28,31)(H,29,32)/b18-15-. The lowest BCUT2D eigenvalue weighted by molar-refractivity contribution is -0.111.